The summed E-state index contributed by atoms with van der Waals surface area (Å²) in [5.74, 6) is -0.845. The summed E-state index contributed by atoms with van der Waals surface area (Å²) in [4.78, 5) is 30.6. The molecule has 4 aromatic rings. The fourth-order valence-corrected chi connectivity index (χ4v) is 2.89. The number of hydrogen-bond donors (Lipinski definition) is 2. The molecule has 0 aliphatic rings. The summed E-state index contributed by atoms with van der Waals surface area (Å²) in [5, 5.41) is 7.34. The van der Waals surface area contributed by atoms with E-state index >= 15 is 0 Å². The zero-order valence-electron chi connectivity index (χ0n) is 14.3. The standard InChI is InChI=1S/C19H13ClFN5O2/c20-15-6-1-11(7-16(15)21)8-17(27)25-12-2-4-13(5-3-12)26-18-14(9-24-26)19(28)23-10-22-18/h1-7,9-10H,8H2,(H,25,27)(H,22,23,28). The number of benzene rings is 2. The first-order chi connectivity index (χ1) is 13.5. The van der Waals surface area contributed by atoms with Crippen LogP contribution in [-0.4, -0.2) is 25.7 Å². The molecule has 0 bridgehead atoms. The van der Waals surface area contributed by atoms with Gasteiger partial charge in [0, 0.05) is 5.69 Å². The number of aromatic amines is 1. The summed E-state index contributed by atoms with van der Waals surface area (Å²) in [6, 6.07) is 11.2. The van der Waals surface area contributed by atoms with E-state index in [0.717, 1.165) is 0 Å². The Morgan fingerprint density at radius 3 is 2.75 bits per heavy atom. The second kappa shape index (κ2) is 7.24. The van der Waals surface area contributed by atoms with Crippen LogP contribution in [0, 0.1) is 5.82 Å². The molecule has 0 atom stereocenters. The second-order valence-electron chi connectivity index (χ2n) is 6.05. The molecule has 2 aromatic heterocycles. The zero-order chi connectivity index (χ0) is 19.7. The fraction of sp³-hybridized carbons (Fsp3) is 0.0526. The molecule has 0 saturated carbocycles. The van der Waals surface area contributed by atoms with E-state index in [0.29, 0.717) is 28.0 Å². The molecule has 140 valence electrons. The predicted molar refractivity (Wildman–Crippen MR) is 103 cm³/mol. The maximum Gasteiger partial charge on any atom is 0.261 e. The minimum atomic E-state index is -0.560. The summed E-state index contributed by atoms with van der Waals surface area (Å²) in [5.41, 5.74) is 1.95. The quantitative estimate of drug-likeness (QED) is 0.553. The van der Waals surface area contributed by atoms with Gasteiger partial charge in [-0.15, -0.1) is 0 Å². The molecule has 2 aromatic carbocycles. The van der Waals surface area contributed by atoms with Crippen molar-refractivity contribution in [3.05, 3.63) is 81.7 Å². The van der Waals surface area contributed by atoms with E-state index < -0.39 is 5.82 Å². The van der Waals surface area contributed by atoms with Crippen molar-refractivity contribution in [3.63, 3.8) is 0 Å². The number of nitrogens with one attached hydrogen (secondary N) is 2. The minimum Gasteiger partial charge on any atom is -0.326 e. The first kappa shape index (κ1) is 17.9. The minimum absolute atomic E-state index is 0.0161. The summed E-state index contributed by atoms with van der Waals surface area (Å²) < 4.78 is 15.0. The smallest absolute Gasteiger partial charge is 0.261 e. The van der Waals surface area contributed by atoms with Crippen LogP contribution >= 0.6 is 11.6 Å². The monoisotopic (exact) mass is 397 g/mol. The molecule has 2 N–H and O–H groups in total. The molecule has 2 heterocycles. The highest BCUT2D eigenvalue weighted by atomic mass is 35.5. The Kier molecular flexibility index (Phi) is 4.62. The molecule has 9 heteroatoms. The normalized spacial score (nSPS) is 10.9. The van der Waals surface area contributed by atoms with Crippen molar-refractivity contribution in [2.75, 3.05) is 5.32 Å². The summed E-state index contributed by atoms with van der Waals surface area (Å²) in [6.07, 6.45) is 2.78. The molecular formula is C19H13ClFN5O2. The molecule has 0 radical (unpaired) electrons. The van der Waals surface area contributed by atoms with Crippen LogP contribution in [0.3, 0.4) is 0 Å². The van der Waals surface area contributed by atoms with Gasteiger partial charge in [0.1, 0.15) is 11.2 Å². The Labute approximate surface area is 162 Å². The third-order valence-electron chi connectivity index (χ3n) is 4.12. The van der Waals surface area contributed by atoms with Crippen molar-refractivity contribution in [2.45, 2.75) is 6.42 Å². The first-order valence-corrected chi connectivity index (χ1v) is 8.65. The summed E-state index contributed by atoms with van der Waals surface area (Å²) in [7, 11) is 0. The zero-order valence-corrected chi connectivity index (χ0v) is 15.1. The van der Waals surface area contributed by atoms with Crippen molar-refractivity contribution in [1.29, 1.82) is 0 Å². The number of H-pyrrole nitrogens is 1. The van der Waals surface area contributed by atoms with Crippen molar-refractivity contribution in [1.82, 2.24) is 19.7 Å². The molecule has 0 aliphatic carbocycles. The van der Waals surface area contributed by atoms with Crippen molar-refractivity contribution >= 4 is 34.2 Å². The van der Waals surface area contributed by atoms with Crippen LogP contribution in [0.5, 0.6) is 0 Å². The lowest BCUT2D eigenvalue weighted by Gasteiger charge is -2.08. The Morgan fingerprint density at radius 2 is 2.00 bits per heavy atom. The molecule has 0 spiro atoms. The lowest BCUT2D eigenvalue weighted by Crippen LogP contribution is -2.14. The van der Waals surface area contributed by atoms with Gasteiger partial charge in [0.2, 0.25) is 5.91 Å². The number of hydrogen-bond acceptors (Lipinski definition) is 4. The number of carbonyl (C=O) groups excluding carboxylic acids is 1. The van der Waals surface area contributed by atoms with Crippen LogP contribution in [0.4, 0.5) is 10.1 Å². The Bertz CT molecular complexity index is 1230. The van der Waals surface area contributed by atoms with Crippen molar-refractivity contribution in [2.24, 2.45) is 0 Å². The highest BCUT2D eigenvalue weighted by Crippen LogP contribution is 2.18. The number of aromatic nitrogens is 4. The summed E-state index contributed by atoms with van der Waals surface area (Å²) in [6.45, 7) is 0. The number of fused-ring (bicyclic) bond motifs is 1. The number of nitrogens with zero attached hydrogens (tertiary/aromatic N) is 3. The largest absolute Gasteiger partial charge is 0.326 e. The van der Waals surface area contributed by atoms with E-state index in [-0.39, 0.29) is 22.9 Å². The van der Waals surface area contributed by atoms with E-state index in [4.69, 9.17) is 11.6 Å². The molecule has 28 heavy (non-hydrogen) atoms. The number of rotatable bonds is 4. The van der Waals surface area contributed by atoms with Gasteiger partial charge in [0.05, 0.1) is 29.7 Å². The topological polar surface area (TPSA) is 92.7 Å². The van der Waals surface area contributed by atoms with Crippen LogP contribution in [-0.2, 0) is 11.2 Å². The van der Waals surface area contributed by atoms with Gasteiger partial charge in [0.15, 0.2) is 5.65 Å². The van der Waals surface area contributed by atoms with Crippen LogP contribution in [0.2, 0.25) is 5.02 Å². The van der Waals surface area contributed by atoms with Gasteiger partial charge in [0.25, 0.3) is 5.56 Å². The number of amides is 1. The van der Waals surface area contributed by atoms with E-state index in [1.807, 2.05) is 0 Å². The van der Waals surface area contributed by atoms with Gasteiger partial charge in [-0.05, 0) is 42.0 Å². The number of anilines is 1. The molecule has 0 unspecified atom stereocenters. The number of halogens is 2. The molecule has 1 amide bonds. The second-order valence-corrected chi connectivity index (χ2v) is 6.45. The van der Waals surface area contributed by atoms with E-state index in [2.05, 4.69) is 20.4 Å². The SMILES string of the molecule is O=C(Cc1ccc(Cl)c(F)c1)Nc1ccc(-n2ncc3c(=O)[nH]cnc32)cc1. The molecule has 0 aliphatic heterocycles. The molecule has 0 fully saturated rings. The van der Waals surface area contributed by atoms with Crippen LogP contribution in [0.1, 0.15) is 5.56 Å². The lowest BCUT2D eigenvalue weighted by atomic mass is 10.1. The van der Waals surface area contributed by atoms with E-state index in [1.165, 1.54) is 29.3 Å². The molecular weight excluding hydrogens is 385 g/mol. The average Bonchev–Trinajstić information content (AvgIpc) is 3.11. The van der Waals surface area contributed by atoms with Gasteiger partial charge in [-0.25, -0.2) is 14.1 Å². The maximum absolute atomic E-state index is 13.5. The van der Waals surface area contributed by atoms with Gasteiger partial charge in [-0.2, -0.15) is 5.10 Å². The van der Waals surface area contributed by atoms with Gasteiger partial charge in [-0.3, -0.25) is 9.59 Å². The Balaban J connectivity index is 1.50. The van der Waals surface area contributed by atoms with Crippen LogP contribution < -0.4 is 10.9 Å². The van der Waals surface area contributed by atoms with Gasteiger partial charge in [-0.1, -0.05) is 17.7 Å². The van der Waals surface area contributed by atoms with Crippen LogP contribution in [0.25, 0.3) is 16.7 Å². The van der Waals surface area contributed by atoms with Crippen molar-refractivity contribution in [3.8, 4) is 5.69 Å². The van der Waals surface area contributed by atoms with Crippen molar-refractivity contribution < 1.29 is 9.18 Å². The third kappa shape index (κ3) is 3.49. The number of carbonyl (C=O) groups is 1. The Hall–Kier alpha value is -3.52. The molecule has 0 saturated heterocycles. The van der Waals surface area contributed by atoms with Gasteiger partial charge < -0.3 is 10.3 Å². The molecule has 4 rings (SSSR count). The van der Waals surface area contributed by atoms with E-state index in [1.54, 1.807) is 30.3 Å². The highest BCUT2D eigenvalue weighted by Gasteiger charge is 2.10. The third-order valence-corrected chi connectivity index (χ3v) is 4.42. The van der Waals surface area contributed by atoms with Crippen LogP contribution in [0.15, 0.2) is 59.8 Å². The maximum atomic E-state index is 13.5. The lowest BCUT2D eigenvalue weighted by molar-refractivity contribution is -0.115. The predicted octanol–water partition coefficient (Wildman–Crippen LogP) is 3.08. The van der Waals surface area contributed by atoms with Gasteiger partial charge >= 0.3 is 0 Å². The first-order valence-electron chi connectivity index (χ1n) is 8.27. The fourth-order valence-electron chi connectivity index (χ4n) is 2.77. The average molecular weight is 398 g/mol. The Morgan fingerprint density at radius 1 is 1.21 bits per heavy atom. The highest BCUT2D eigenvalue weighted by molar-refractivity contribution is 6.30. The van der Waals surface area contributed by atoms with E-state index in [9.17, 15) is 14.0 Å². The summed E-state index contributed by atoms with van der Waals surface area (Å²) >= 11 is 5.64. The molecule has 7 nitrogen and oxygen atoms in total.